The zero-order valence-corrected chi connectivity index (χ0v) is 13.5. The number of nitrogens with zero attached hydrogens (tertiary/aromatic N) is 1. The molecule has 0 aliphatic carbocycles. The number of hydrogen-bond acceptors (Lipinski definition) is 4. The normalized spacial score (nSPS) is 16.9. The average Bonchev–Trinajstić information content (AvgIpc) is 3.03. The van der Waals surface area contributed by atoms with Crippen LogP contribution in [-0.2, 0) is 0 Å². The Labute approximate surface area is 128 Å². The third-order valence-electron chi connectivity index (χ3n) is 4.09. The Morgan fingerprint density at radius 3 is 2.57 bits per heavy atom. The molecule has 1 unspecified atom stereocenters. The molecular weight excluding hydrogens is 264 g/mol. The van der Waals surface area contributed by atoms with E-state index in [4.69, 9.17) is 9.47 Å². The zero-order valence-electron chi connectivity index (χ0n) is 13.5. The number of rotatable bonds is 8. The molecule has 4 nitrogen and oxygen atoms in total. The Morgan fingerprint density at radius 2 is 1.95 bits per heavy atom. The van der Waals surface area contributed by atoms with Gasteiger partial charge in [-0.25, -0.2) is 0 Å². The highest BCUT2D eigenvalue weighted by Gasteiger charge is 2.21. The van der Waals surface area contributed by atoms with Crippen LogP contribution >= 0.6 is 0 Å². The molecule has 0 radical (unpaired) electrons. The highest BCUT2D eigenvalue weighted by molar-refractivity contribution is 5.42. The molecule has 0 amide bonds. The first-order chi connectivity index (χ1) is 10.3. The highest BCUT2D eigenvalue weighted by Crippen LogP contribution is 2.30. The quantitative estimate of drug-likeness (QED) is 0.799. The van der Waals surface area contributed by atoms with E-state index in [2.05, 4.69) is 23.2 Å². The van der Waals surface area contributed by atoms with Gasteiger partial charge in [0.15, 0.2) is 0 Å². The molecule has 4 heteroatoms. The second-order valence-corrected chi connectivity index (χ2v) is 5.62. The first kappa shape index (κ1) is 16.1. The maximum atomic E-state index is 5.56. The molecule has 1 saturated heterocycles. The summed E-state index contributed by atoms with van der Waals surface area (Å²) in [7, 11) is 3.44. The fourth-order valence-electron chi connectivity index (χ4n) is 2.93. The van der Waals surface area contributed by atoms with Crippen molar-refractivity contribution in [3.05, 3.63) is 23.8 Å². The molecule has 2 rings (SSSR count). The molecule has 1 aromatic carbocycles. The van der Waals surface area contributed by atoms with E-state index in [0.29, 0.717) is 0 Å². The molecular formula is C17H28N2O2. The van der Waals surface area contributed by atoms with E-state index >= 15 is 0 Å². The SMILES string of the molecule is CCCNC(CN1CCCC1)c1cc(OC)ccc1OC. The van der Waals surface area contributed by atoms with Crippen molar-refractivity contribution in [3.8, 4) is 11.5 Å². The Kier molecular flexibility index (Phi) is 6.33. The van der Waals surface area contributed by atoms with Gasteiger partial charge < -0.3 is 19.7 Å². The second-order valence-electron chi connectivity index (χ2n) is 5.62. The van der Waals surface area contributed by atoms with Crippen LogP contribution in [0.3, 0.4) is 0 Å². The van der Waals surface area contributed by atoms with Crippen LogP contribution in [0.15, 0.2) is 18.2 Å². The van der Waals surface area contributed by atoms with E-state index in [9.17, 15) is 0 Å². The molecule has 1 atom stereocenters. The zero-order chi connectivity index (χ0) is 15.1. The fraction of sp³-hybridized carbons (Fsp3) is 0.647. The molecule has 1 aliphatic rings. The highest BCUT2D eigenvalue weighted by atomic mass is 16.5. The minimum absolute atomic E-state index is 0.285. The molecule has 1 heterocycles. The Bertz CT molecular complexity index is 431. The lowest BCUT2D eigenvalue weighted by Gasteiger charge is -2.26. The number of hydrogen-bond donors (Lipinski definition) is 1. The van der Waals surface area contributed by atoms with E-state index in [0.717, 1.165) is 31.0 Å². The number of ether oxygens (including phenoxy) is 2. The first-order valence-electron chi connectivity index (χ1n) is 7.96. The summed E-state index contributed by atoms with van der Waals surface area (Å²) in [5, 5.41) is 3.66. The summed E-state index contributed by atoms with van der Waals surface area (Å²) in [6, 6.07) is 6.34. The molecule has 1 N–H and O–H groups in total. The molecule has 1 aliphatic heterocycles. The summed E-state index contributed by atoms with van der Waals surface area (Å²) >= 11 is 0. The largest absolute Gasteiger partial charge is 0.497 e. The van der Waals surface area contributed by atoms with Crippen molar-refractivity contribution in [2.45, 2.75) is 32.2 Å². The molecule has 118 valence electrons. The molecule has 1 fully saturated rings. The van der Waals surface area contributed by atoms with E-state index in [1.54, 1.807) is 14.2 Å². The Balaban J connectivity index is 2.20. The van der Waals surface area contributed by atoms with Gasteiger partial charge in [-0.3, -0.25) is 0 Å². The van der Waals surface area contributed by atoms with Crippen molar-refractivity contribution in [2.24, 2.45) is 0 Å². The lowest BCUT2D eigenvalue weighted by molar-refractivity contribution is 0.287. The lowest BCUT2D eigenvalue weighted by Crippen LogP contribution is -2.34. The average molecular weight is 292 g/mol. The summed E-state index contributed by atoms with van der Waals surface area (Å²) in [4.78, 5) is 2.53. The minimum atomic E-state index is 0.285. The maximum Gasteiger partial charge on any atom is 0.123 e. The van der Waals surface area contributed by atoms with E-state index < -0.39 is 0 Å². The standard InChI is InChI=1S/C17H28N2O2/c1-4-9-18-16(13-19-10-5-6-11-19)15-12-14(20-2)7-8-17(15)21-3/h7-8,12,16,18H,4-6,9-11,13H2,1-3H3. The smallest absolute Gasteiger partial charge is 0.123 e. The third kappa shape index (κ3) is 4.35. The van der Waals surface area contributed by atoms with Crippen LogP contribution in [0.2, 0.25) is 0 Å². The van der Waals surface area contributed by atoms with Gasteiger partial charge in [-0.15, -0.1) is 0 Å². The van der Waals surface area contributed by atoms with Gasteiger partial charge in [0.1, 0.15) is 11.5 Å². The molecule has 1 aromatic rings. The molecule has 0 aromatic heterocycles. The topological polar surface area (TPSA) is 33.7 Å². The molecule has 0 bridgehead atoms. The maximum absolute atomic E-state index is 5.56. The van der Waals surface area contributed by atoms with E-state index in [-0.39, 0.29) is 6.04 Å². The van der Waals surface area contributed by atoms with Gasteiger partial charge in [-0.1, -0.05) is 6.92 Å². The van der Waals surface area contributed by atoms with Crippen molar-refractivity contribution < 1.29 is 9.47 Å². The lowest BCUT2D eigenvalue weighted by atomic mass is 10.0. The van der Waals surface area contributed by atoms with Gasteiger partial charge in [-0.2, -0.15) is 0 Å². The van der Waals surface area contributed by atoms with E-state index in [1.165, 1.54) is 31.5 Å². The Hall–Kier alpha value is -1.26. The number of nitrogens with one attached hydrogen (secondary N) is 1. The summed E-state index contributed by atoms with van der Waals surface area (Å²) in [5.74, 6) is 1.82. The van der Waals surface area contributed by atoms with Gasteiger partial charge in [0, 0.05) is 18.2 Å². The predicted octanol–water partition coefficient (Wildman–Crippen LogP) is 2.84. The monoisotopic (exact) mass is 292 g/mol. The van der Waals surface area contributed by atoms with Crippen molar-refractivity contribution in [1.29, 1.82) is 0 Å². The van der Waals surface area contributed by atoms with Crippen molar-refractivity contribution in [2.75, 3.05) is 40.4 Å². The first-order valence-corrected chi connectivity index (χ1v) is 7.96. The Morgan fingerprint density at radius 1 is 1.19 bits per heavy atom. The number of benzene rings is 1. The fourth-order valence-corrected chi connectivity index (χ4v) is 2.93. The molecule has 0 saturated carbocycles. The molecule has 21 heavy (non-hydrogen) atoms. The van der Waals surface area contributed by atoms with Crippen molar-refractivity contribution in [1.82, 2.24) is 10.2 Å². The van der Waals surface area contributed by atoms with Crippen LogP contribution in [0.5, 0.6) is 11.5 Å². The predicted molar refractivity (Wildman–Crippen MR) is 86.3 cm³/mol. The minimum Gasteiger partial charge on any atom is -0.497 e. The molecule has 0 spiro atoms. The second kappa shape index (κ2) is 8.25. The summed E-state index contributed by atoms with van der Waals surface area (Å²) in [5.41, 5.74) is 1.19. The summed E-state index contributed by atoms with van der Waals surface area (Å²) < 4.78 is 10.9. The van der Waals surface area contributed by atoms with Crippen molar-refractivity contribution in [3.63, 3.8) is 0 Å². The van der Waals surface area contributed by atoms with Gasteiger partial charge in [0.05, 0.1) is 14.2 Å². The third-order valence-corrected chi connectivity index (χ3v) is 4.09. The van der Waals surface area contributed by atoms with Crippen LogP contribution in [-0.4, -0.2) is 45.3 Å². The van der Waals surface area contributed by atoms with Crippen LogP contribution in [0.4, 0.5) is 0 Å². The van der Waals surface area contributed by atoms with Crippen LogP contribution in [0, 0.1) is 0 Å². The van der Waals surface area contributed by atoms with Crippen molar-refractivity contribution >= 4 is 0 Å². The van der Waals surface area contributed by atoms with Gasteiger partial charge >= 0.3 is 0 Å². The number of likely N-dealkylation sites (tertiary alicyclic amines) is 1. The van der Waals surface area contributed by atoms with E-state index in [1.807, 2.05) is 12.1 Å². The van der Waals surface area contributed by atoms with Crippen LogP contribution in [0.1, 0.15) is 37.8 Å². The van der Waals surface area contributed by atoms with Crippen LogP contribution in [0.25, 0.3) is 0 Å². The van der Waals surface area contributed by atoms with Gasteiger partial charge in [-0.05, 0) is 57.1 Å². The summed E-state index contributed by atoms with van der Waals surface area (Å²) in [6.45, 7) is 6.65. The number of methoxy groups -OCH3 is 2. The van der Waals surface area contributed by atoms with Crippen LogP contribution < -0.4 is 14.8 Å². The van der Waals surface area contributed by atoms with Gasteiger partial charge in [0.2, 0.25) is 0 Å². The van der Waals surface area contributed by atoms with Gasteiger partial charge in [0.25, 0.3) is 0 Å². The summed E-state index contributed by atoms with van der Waals surface area (Å²) in [6.07, 6.45) is 3.76.